The van der Waals surface area contributed by atoms with E-state index in [1.54, 1.807) is 6.20 Å². The van der Waals surface area contributed by atoms with E-state index in [1.807, 2.05) is 11.0 Å². The molecule has 5 heteroatoms. The molecule has 0 aromatic carbocycles. The molecule has 1 aromatic rings. The molecule has 110 valence electrons. The van der Waals surface area contributed by atoms with Crippen LogP contribution in [0.1, 0.15) is 37.6 Å². The Morgan fingerprint density at radius 2 is 2.10 bits per heavy atom. The maximum atomic E-state index is 12.7. The van der Waals surface area contributed by atoms with Gasteiger partial charge in [-0.2, -0.15) is 0 Å². The number of amides is 1. The fourth-order valence-electron chi connectivity index (χ4n) is 2.45. The van der Waals surface area contributed by atoms with Gasteiger partial charge in [-0.1, -0.05) is 20.8 Å². The Morgan fingerprint density at radius 3 is 2.70 bits per heavy atom. The molecule has 1 aliphatic heterocycles. The van der Waals surface area contributed by atoms with E-state index < -0.39 is 0 Å². The molecule has 0 spiro atoms. The van der Waals surface area contributed by atoms with Gasteiger partial charge in [-0.3, -0.25) is 4.79 Å². The number of hydrogen-bond acceptors (Lipinski definition) is 3. The molecule has 0 aliphatic carbocycles. The third-order valence-electron chi connectivity index (χ3n) is 3.90. The SMILES string of the molecule is CCCNc1ncc(Br)cc1C(=O)N1CC(C)C(C)C1. The van der Waals surface area contributed by atoms with Gasteiger partial charge in [0.1, 0.15) is 5.82 Å². The first-order chi connectivity index (χ1) is 9.52. The van der Waals surface area contributed by atoms with Crippen molar-refractivity contribution in [3.63, 3.8) is 0 Å². The van der Waals surface area contributed by atoms with Gasteiger partial charge in [-0.15, -0.1) is 0 Å². The van der Waals surface area contributed by atoms with Crippen molar-refractivity contribution in [1.29, 1.82) is 0 Å². The van der Waals surface area contributed by atoms with E-state index in [9.17, 15) is 4.79 Å². The number of carbonyl (C=O) groups excluding carboxylic acids is 1. The Hall–Kier alpha value is -1.10. The van der Waals surface area contributed by atoms with Crippen molar-refractivity contribution >= 4 is 27.7 Å². The van der Waals surface area contributed by atoms with Crippen molar-refractivity contribution in [3.05, 3.63) is 22.3 Å². The monoisotopic (exact) mass is 339 g/mol. The standard InChI is InChI=1S/C15H22BrN3O/c1-4-5-17-14-13(6-12(16)7-18-14)15(20)19-8-10(2)11(3)9-19/h6-7,10-11H,4-5,8-9H2,1-3H3,(H,17,18). The average Bonchev–Trinajstić information content (AvgIpc) is 2.76. The van der Waals surface area contributed by atoms with Gasteiger partial charge in [0.15, 0.2) is 0 Å². The number of likely N-dealkylation sites (tertiary alicyclic amines) is 1. The van der Waals surface area contributed by atoms with E-state index >= 15 is 0 Å². The summed E-state index contributed by atoms with van der Waals surface area (Å²) < 4.78 is 0.836. The minimum absolute atomic E-state index is 0.0774. The van der Waals surface area contributed by atoms with Crippen LogP contribution in [0.2, 0.25) is 0 Å². The predicted octanol–water partition coefficient (Wildman–Crippen LogP) is 3.39. The van der Waals surface area contributed by atoms with Gasteiger partial charge in [0.05, 0.1) is 5.56 Å². The summed E-state index contributed by atoms with van der Waals surface area (Å²) >= 11 is 3.40. The van der Waals surface area contributed by atoms with Gasteiger partial charge in [0, 0.05) is 30.3 Å². The molecule has 2 heterocycles. The average molecular weight is 340 g/mol. The molecule has 1 N–H and O–H groups in total. The number of carbonyl (C=O) groups is 1. The highest BCUT2D eigenvalue weighted by Crippen LogP contribution is 2.26. The molecule has 1 fully saturated rings. The Morgan fingerprint density at radius 1 is 1.45 bits per heavy atom. The number of rotatable bonds is 4. The summed E-state index contributed by atoms with van der Waals surface area (Å²) in [5.74, 6) is 1.89. The van der Waals surface area contributed by atoms with Gasteiger partial charge in [-0.05, 0) is 40.3 Å². The lowest BCUT2D eigenvalue weighted by Gasteiger charge is -2.18. The highest BCUT2D eigenvalue weighted by molar-refractivity contribution is 9.10. The second kappa shape index (κ2) is 6.57. The molecule has 2 unspecified atom stereocenters. The molecule has 2 rings (SSSR count). The van der Waals surface area contributed by atoms with Crippen molar-refractivity contribution in [3.8, 4) is 0 Å². The zero-order valence-corrected chi connectivity index (χ0v) is 13.9. The van der Waals surface area contributed by atoms with Gasteiger partial charge >= 0.3 is 0 Å². The van der Waals surface area contributed by atoms with Crippen molar-refractivity contribution in [2.75, 3.05) is 25.0 Å². The maximum Gasteiger partial charge on any atom is 0.257 e. The first-order valence-corrected chi connectivity index (χ1v) is 8.01. The second-order valence-corrected chi connectivity index (χ2v) is 6.56. The van der Waals surface area contributed by atoms with Crippen LogP contribution < -0.4 is 5.32 Å². The van der Waals surface area contributed by atoms with E-state index in [-0.39, 0.29) is 5.91 Å². The quantitative estimate of drug-likeness (QED) is 0.914. The number of aromatic nitrogens is 1. The topological polar surface area (TPSA) is 45.2 Å². The Kier molecular flexibility index (Phi) is 5.02. The third-order valence-corrected chi connectivity index (χ3v) is 4.34. The van der Waals surface area contributed by atoms with E-state index in [0.717, 1.165) is 30.5 Å². The van der Waals surface area contributed by atoms with Gasteiger partial charge in [-0.25, -0.2) is 4.98 Å². The molecular weight excluding hydrogens is 318 g/mol. The summed E-state index contributed by atoms with van der Waals surface area (Å²) in [5.41, 5.74) is 0.661. The van der Waals surface area contributed by atoms with Crippen molar-refractivity contribution in [1.82, 2.24) is 9.88 Å². The molecule has 1 aromatic heterocycles. The minimum Gasteiger partial charge on any atom is -0.369 e. The molecule has 1 saturated heterocycles. The van der Waals surface area contributed by atoms with Crippen LogP contribution in [0.3, 0.4) is 0 Å². The number of nitrogens with one attached hydrogen (secondary N) is 1. The number of halogens is 1. The lowest BCUT2D eigenvalue weighted by molar-refractivity contribution is 0.0785. The summed E-state index contributed by atoms with van der Waals surface area (Å²) in [4.78, 5) is 19.0. The zero-order valence-electron chi connectivity index (χ0n) is 12.3. The third kappa shape index (κ3) is 3.32. The minimum atomic E-state index is 0.0774. The largest absolute Gasteiger partial charge is 0.369 e. The van der Waals surface area contributed by atoms with E-state index in [0.29, 0.717) is 23.2 Å². The summed E-state index contributed by atoms with van der Waals surface area (Å²) in [6.07, 6.45) is 2.73. The summed E-state index contributed by atoms with van der Waals surface area (Å²) in [6.45, 7) is 8.99. The summed E-state index contributed by atoms with van der Waals surface area (Å²) in [7, 11) is 0. The van der Waals surface area contributed by atoms with Crippen LogP contribution in [0.15, 0.2) is 16.7 Å². The number of anilines is 1. The molecule has 4 nitrogen and oxygen atoms in total. The number of pyridine rings is 1. The normalized spacial score (nSPS) is 22.1. The molecule has 0 saturated carbocycles. The van der Waals surface area contributed by atoms with Crippen LogP contribution in [0.4, 0.5) is 5.82 Å². The van der Waals surface area contributed by atoms with Crippen LogP contribution in [0.25, 0.3) is 0 Å². The van der Waals surface area contributed by atoms with E-state index in [4.69, 9.17) is 0 Å². The maximum absolute atomic E-state index is 12.7. The fourth-order valence-corrected chi connectivity index (χ4v) is 2.78. The van der Waals surface area contributed by atoms with Crippen LogP contribution in [0, 0.1) is 11.8 Å². The van der Waals surface area contributed by atoms with Gasteiger partial charge in [0.2, 0.25) is 0 Å². The summed E-state index contributed by atoms with van der Waals surface area (Å²) in [5, 5.41) is 3.24. The lowest BCUT2D eigenvalue weighted by atomic mass is 10.0. The van der Waals surface area contributed by atoms with Crippen molar-refractivity contribution in [2.24, 2.45) is 11.8 Å². The Balaban J connectivity index is 2.22. The van der Waals surface area contributed by atoms with Gasteiger partial charge < -0.3 is 10.2 Å². The zero-order chi connectivity index (χ0) is 14.7. The highest BCUT2D eigenvalue weighted by atomic mass is 79.9. The molecule has 1 aliphatic rings. The number of nitrogens with zero attached hydrogens (tertiary/aromatic N) is 2. The van der Waals surface area contributed by atoms with Crippen molar-refractivity contribution < 1.29 is 4.79 Å². The fraction of sp³-hybridized carbons (Fsp3) is 0.600. The molecule has 0 bridgehead atoms. The number of hydrogen-bond donors (Lipinski definition) is 1. The molecule has 0 radical (unpaired) electrons. The molecule has 2 atom stereocenters. The Labute approximate surface area is 129 Å². The lowest BCUT2D eigenvalue weighted by Crippen LogP contribution is -2.30. The molecule has 1 amide bonds. The summed E-state index contributed by atoms with van der Waals surface area (Å²) in [6, 6.07) is 1.86. The van der Waals surface area contributed by atoms with Crippen molar-refractivity contribution in [2.45, 2.75) is 27.2 Å². The van der Waals surface area contributed by atoms with Crippen LogP contribution >= 0.6 is 15.9 Å². The predicted molar refractivity (Wildman–Crippen MR) is 84.9 cm³/mol. The molecular formula is C15H22BrN3O. The first kappa shape index (κ1) is 15.3. The first-order valence-electron chi connectivity index (χ1n) is 7.21. The van der Waals surface area contributed by atoms with Crippen LogP contribution in [-0.4, -0.2) is 35.4 Å². The van der Waals surface area contributed by atoms with E-state index in [2.05, 4.69) is 47.0 Å². The van der Waals surface area contributed by atoms with Gasteiger partial charge in [0.25, 0.3) is 5.91 Å². The molecule has 20 heavy (non-hydrogen) atoms. The smallest absolute Gasteiger partial charge is 0.257 e. The Bertz CT molecular complexity index is 482. The van der Waals surface area contributed by atoms with E-state index in [1.165, 1.54) is 0 Å². The van der Waals surface area contributed by atoms with Crippen LogP contribution in [0.5, 0.6) is 0 Å². The second-order valence-electron chi connectivity index (χ2n) is 5.64. The highest BCUT2D eigenvalue weighted by Gasteiger charge is 2.31. The van der Waals surface area contributed by atoms with Crippen LogP contribution in [-0.2, 0) is 0 Å².